The number of likely N-dealkylation sites (tertiary alicyclic amines) is 1. The van der Waals surface area contributed by atoms with E-state index in [1.165, 1.54) is 24.1 Å². The van der Waals surface area contributed by atoms with Crippen molar-refractivity contribution in [2.45, 2.75) is 18.6 Å². The molecule has 0 aliphatic carbocycles. The SMILES string of the molecule is COC(=O)C1CC(O)CN1C(=O)c1ccc(Cl)nn1. The number of β-amino-alcohol motifs (C(OH)–C–C–N with tert-alkyl or cyclic N) is 1. The van der Waals surface area contributed by atoms with Crippen molar-refractivity contribution in [3.8, 4) is 0 Å². The molecule has 2 heterocycles. The standard InChI is InChI=1S/C11H12ClN3O4/c1-19-11(18)8-4-6(16)5-15(8)10(17)7-2-3-9(12)14-13-7/h2-3,6,8,16H,4-5H2,1H3. The Kier molecular flexibility index (Phi) is 3.96. The smallest absolute Gasteiger partial charge is 0.328 e. The molecule has 0 saturated carbocycles. The molecule has 8 heteroatoms. The van der Waals surface area contributed by atoms with Crippen LogP contribution in [0.15, 0.2) is 12.1 Å². The number of nitrogens with zero attached hydrogens (tertiary/aromatic N) is 3. The zero-order chi connectivity index (χ0) is 14.0. The fraction of sp³-hybridized carbons (Fsp3) is 0.455. The van der Waals surface area contributed by atoms with Crippen LogP contribution >= 0.6 is 11.6 Å². The number of carbonyl (C=O) groups excluding carboxylic acids is 2. The molecule has 1 N–H and O–H groups in total. The lowest BCUT2D eigenvalue weighted by Gasteiger charge is -2.21. The van der Waals surface area contributed by atoms with Gasteiger partial charge >= 0.3 is 5.97 Å². The summed E-state index contributed by atoms with van der Waals surface area (Å²) in [6.07, 6.45) is -0.604. The third-order valence-corrected chi connectivity index (χ3v) is 3.07. The molecule has 1 saturated heterocycles. The lowest BCUT2D eigenvalue weighted by Crippen LogP contribution is -2.41. The summed E-state index contributed by atoms with van der Waals surface area (Å²) < 4.78 is 4.62. The number of carbonyl (C=O) groups is 2. The molecule has 1 fully saturated rings. The molecule has 0 radical (unpaired) electrons. The summed E-state index contributed by atoms with van der Waals surface area (Å²) in [6.45, 7) is 0.0584. The Morgan fingerprint density at radius 3 is 2.79 bits per heavy atom. The van der Waals surface area contributed by atoms with E-state index >= 15 is 0 Å². The van der Waals surface area contributed by atoms with Gasteiger partial charge in [0.1, 0.15) is 6.04 Å². The lowest BCUT2D eigenvalue weighted by molar-refractivity contribution is -0.145. The third-order valence-electron chi connectivity index (χ3n) is 2.86. The minimum atomic E-state index is -0.801. The fourth-order valence-corrected chi connectivity index (χ4v) is 2.08. The number of aromatic nitrogens is 2. The number of amides is 1. The average molecular weight is 286 g/mol. The Labute approximate surface area is 114 Å². The Hall–Kier alpha value is -1.73. The fourth-order valence-electron chi connectivity index (χ4n) is 1.97. The van der Waals surface area contributed by atoms with Crippen LogP contribution in [-0.4, -0.2) is 57.9 Å². The van der Waals surface area contributed by atoms with Crippen LogP contribution in [0.1, 0.15) is 16.9 Å². The zero-order valence-corrected chi connectivity index (χ0v) is 10.9. The van der Waals surface area contributed by atoms with E-state index in [1.807, 2.05) is 0 Å². The van der Waals surface area contributed by atoms with Crippen LogP contribution in [0.2, 0.25) is 5.15 Å². The van der Waals surface area contributed by atoms with Crippen LogP contribution in [-0.2, 0) is 9.53 Å². The summed E-state index contributed by atoms with van der Waals surface area (Å²) in [7, 11) is 1.23. The van der Waals surface area contributed by atoms with Gasteiger partial charge < -0.3 is 14.7 Å². The van der Waals surface area contributed by atoms with E-state index in [4.69, 9.17) is 11.6 Å². The first-order valence-electron chi connectivity index (χ1n) is 5.59. The Morgan fingerprint density at radius 1 is 1.47 bits per heavy atom. The van der Waals surface area contributed by atoms with Gasteiger partial charge in [0.05, 0.1) is 13.2 Å². The highest BCUT2D eigenvalue weighted by molar-refractivity contribution is 6.29. The van der Waals surface area contributed by atoms with Crippen LogP contribution in [0.5, 0.6) is 0 Å². The molecule has 1 aliphatic heterocycles. The van der Waals surface area contributed by atoms with Gasteiger partial charge in [-0.1, -0.05) is 11.6 Å². The molecule has 1 aromatic rings. The van der Waals surface area contributed by atoms with Gasteiger partial charge in [-0.3, -0.25) is 4.79 Å². The van der Waals surface area contributed by atoms with Crippen LogP contribution < -0.4 is 0 Å². The van der Waals surface area contributed by atoms with Crippen molar-refractivity contribution in [3.63, 3.8) is 0 Å². The van der Waals surface area contributed by atoms with E-state index < -0.39 is 24.0 Å². The molecule has 0 aromatic carbocycles. The van der Waals surface area contributed by atoms with Crippen molar-refractivity contribution in [2.75, 3.05) is 13.7 Å². The first-order valence-corrected chi connectivity index (χ1v) is 5.97. The summed E-state index contributed by atoms with van der Waals surface area (Å²) >= 11 is 5.59. The molecule has 2 atom stereocenters. The molecule has 2 unspecified atom stereocenters. The molecule has 1 aliphatic rings. The topological polar surface area (TPSA) is 92.6 Å². The number of methoxy groups -OCH3 is 1. The van der Waals surface area contributed by atoms with Crippen molar-refractivity contribution in [1.29, 1.82) is 0 Å². The average Bonchev–Trinajstić information content (AvgIpc) is 2.80. The van der Waals surface area contributed by atoms with Gasteiger partial charge in [0.2, 0.25) is 0 Å². The second kappa shape index (κ2) is 5.50. The number of hydrogen-bond acceptors (Lipinski definition) is 6. The maximum atomic E-state index is 12.2. The first-order chi connectivity index (χ1) is 9.02. The Balaban J connectivity index is 2.21. The van der Waals surface area contributed by atoms with Gasteiger partial charge in [-0.05, 0) is 12.1 Å². The highest BCUT2D eigenvalue weighted by Crippen LogP contribution is 2.21. The number of esters is 1. The maximum absolute atomic E-state index is 12.2. The molecule has 0 bridgehead atoms. The highest BCUT2D eigenvalue weighted by atomic mass is 35.5. The van der Waals surface area contributed by atoms with E-state index in [0.717, 1.165) is 0 Å². The van der Waals surface area contributed by atoms with Gasteiger partial charge in [0.15, 0.2) is 10.8 Å². The summed E-state index contributed by atoms with van der Waals surface area (Å²) in [5.41, 5.74) is 0.0624. The number of aliphatic hydroxyl groups is 1. The second-order valence-electron chi connectivity index (χ2n) is 4.13. The normalized spacial score (nSPS) is 22.4. The number of halogens is 1. The minimum absolute atomic E-state index is 0.0584. The number of rotatable bonds is 2. The summed E-state index contributed by atoms with van der Waals surface area (Å²) in [4.78, 5) is 25.0. The van der Waals surface area contributed by atoms with Crippen molar-refractivity contribution in [3.05, 3.63) is 23.0 Å². The quantitative estimate of drug-likeness (QED) is 0.762. The Bertz CT molecular complexity index is 493. The number of hydrogen-bond donors (Lipinski definition) is 1. The second-order valence-corrected chi connectivity index (χ2v) is 4.51. The van der Waals surface area contributed by atoms with E-state index in [-0.39, 0.29) is 23.8 Å². The number of ether oxygens (including phenoxy) is 1. The predicted molar refractivity (Wildman–Crippen MR) is 64.5 cm³/mol. The van der Waals surface area contributed by atoms with E-state index in [0.29, 0.717) is 0 Å². The third kappa shape index (κ3) is 2.82. The van der Waals surface area contributed by atoms with Gasteiger partial charge in [-0.2, -0.15) is 0 Å². The molecular weight excluding hydrogens is 274 g/mol. The van der Waals surface area contributed by atoms with Crippen LogP contribution in [0.4, 0.5) is 0 Å². The summed E-state index contributed by atoms with van der Waals surface area (Å²) in [5.74, 6) is -1.05. The number of aliphatic hydroxyl groups excluding tert-OH is 1. The molecule has 0 spiro atoms. The summed E-state index contributed by atoms with van der Waals surface area (Å²) in [6, 6.07) is 2.04. The monoisotopic (exact) mass is 285 g/mol. The first kappa shape index (κ1) is 13.7. The molecule has 2 rings (SSSR count). The molecule has 102 valence electrons. The predicted octanol–water partition coefficient (Wildman–Crippen LogP) is -0.122. The van der Waals surface area contributed by atoms with Gasteiger partial charge in [0.25, 0.3) is 5.91 Å². The van der Waals surface area contributed by atoms with Crippen molar-refractivity contribution >= 4 is 23.5 Å². The lowest BCUT2D eigenvalue weighted by atomic mass is 10.2. The van der Waals surface area contributed by atoms with Crippen LogP contribution in [0.25, 0.3) is 0 Å². The van der Waals surface area contributed by atoms with Gasteiger partial charge in [-0.25, -0.2) is 4.79 Å². The molecule has 1 amide bonds. The Morgan fingerprint density at radius 2 is 2.21 bits per heavy atom. The zero-order valence-electron chi connectivity index (χ0n) is 10.1. The molecule has 1 aromatic heterocycles. The van der Waals surface area contributed by atoms with Crippen molar-refractivity contribution < 1.29 is 19.4 Å². The molecule has 7 nitrogen and oxygen atoms in total. The largest absolute Gasteiger partial charge is 0.467 e. The summed E-state index contributed by atoms with van der Waals surface area (Å²) in [5, 5.41) is 17.0. The van der Waals surface area contributed by atoms with Crippen LogP contribution in [0.3, 0.4) is 0 Å². The van der Waals surface area contributed by atoms with E-state index in [1.54, 1.807) is 0 Å². The van der Waals surface area contributed by atoms with Gasteiger partial charge in [-0.15, -0.1) is 10.2 Å². The molecule has 19 heavy (non-hydrogen) atoms. The highest BCUT2D eigenvalue weighted by Gasteiger charge is 2.40. The molecular formula is C11H12ClN3O4. The minimum Gasteiger partial charge on any atom is -0.467 e. The van der Waals surface area contributed by atoms with Crippen molar-refractivity contribution in [1.82, 2.24) is 15.1 Å². The van der Waals surface area contributed by atoms with Crippen LogP contribution in [0, 0.1) is 0 Å². The van der Waals surface area contributed by atoms with Gasteiger partial charge in [0, 0.05) is 13.0 Å². The van der Waals surface area contributed by atoms with E-state index in [2.05, 4.69) is 14.9 Å². The van der Waals surface area contributed by atoms with Crippen molar-refractivity contribution in [2.24, 2.45) is 0 Å². The van der Waals surface area contributed by atoms with E-state index in [9.17, 15) is 14.7 Å². The maximum Gasteiger partial charge on any atom is 0.328 e.